The third-order valence-electron chi connectivity index (χ3n) is 3.63. The first-order valence-electron chi connectivity index (χ1n) is 6.56. The van der Waals surface area contributed by atoms with Crippen LogP contribution < -0.4 is 5.01 Å². The fourth-order valence-corrected chi connectivity index (χ4v) is 2.74. The van der Waals surface area contributed by atoms with Gasteiger partial charge in [-0.25, -0.2) is 0 Å². The van der Waals surface area contributed by atoms with E-state index in [1.54, 1.807) is 0 Å². The van der Waals surface area contributed by atoms with Crippen molar-refractivity contribution in [1.82, 2.24) is 0 Å². The van der Waals surface area contributed by atoms with E-state index in [9.17, 15) is 0 Å². The second-order valence-corrected chi connectivity index (χ2v) is 5.00. The zero-order valence-electron chi connectivity index (χ0n) is 10.7. The summed E-state index contributed by atoms with van der Waals surface area (Å²) < 4.78 is 0. The molecule has 3 rings (SSSR count). The lowest BCUT2D eigenvalue weighted by molar-refractivity contribution is 0.500. The summed E-state index contributed by atoms with van der Waals surface area (Å²) in [4.78, 5) is 0. The van der Waals surface area contributed by atoms with Crippen LogP contribution in [0.2, 0.25) is 0 Å². The van der Waals surface area contributed by atoms with Crippen LogP contribution in [0.3, 0.4) is 0 Å². The summed E-state index contributed by atoms with van der Waals surface area (Å²) in [6, 6.07) is 10.9. The molecule has 2 heteroatoms. The van der Waals surface area contributed by atoms with E-state index in [-0.39, 0.29) is 0 Å². The van der Waals surface area contributed by atoms with Crippen molar-refractivity contribution in [2.24, 2.45) is 11.0 Å². The lowest BCUT2D eigenvalue weighted by atomic mass is 9.89. The average Bonchev–Trinajstić information content (AvgIpc) is 2.83. The minimum absolute atomic E-state index is 0.466. The highest BCUT2D eigenvalue weighted by Gasteiger charge is 2.31. The van der Waals surface area contributed by atoms with Crippen molar-refractivity contribution >= 4 is 11.4 Å². The van der Waals surface area contributed by atoms with Crippen LogP contribution >= 0.6 is 0 Å². The Morgan fingerprint density at radius 1 is 1.17 bits per heavy atom. The molecule has 18 heavy (non-hydrogen) atoms. The van der Waals surface area contributed by atoms with Crippen LogP contribution in [0.5, 0.6) is 0 Å². The molecule has 0 saturated carbocycles. The maximum Gasteiger partial charge on any atom is 0.0644 e. The summed E-state index contributed by atoms with van der Waals surface area (Å²) in [5.74, 6) is 0.566. The first kappa shape index (κ1) is 11.3. The molecule has 0 spiro atoms. The van der Waals surface area contributed by atoms with E-state index in [0.717, 1.165) is 12.8 Å². The SMILES string of the molecule is CC1=NN(c2ccccc2)C(C2C=CC=CC2)C1. The van der Waals surface area contributed by atoms with E-state index in [0.29, 0.717) is 12.0 Å². The average molecular weight is 238 g/mol. The Morgan fingerprint density at radius 2 is 2.00 bits per heavy atom. The van der Waals surface area contributed by atoms with Gasteiger partial charge in [0.1, 0.15) is 0 Å². The van der Waals surface area contributed by atoms with Crippen LogP contribution in [-0.4, -0.2) is 11.8 Å². The molecule has 1 aliphatic carbocycles. The van der Waals surface area contributed by atoms with E-state index in [2.05, 4.69) is 60.5 Å². The van der Waals surface area contributed by atoms with E-state index >= 15 is 0 Å². The van der Waals surface area contributed by atoms with Gasteiger partial charge in [0.25, 0.3) is 0 Å². The summed E-state index contributed by atoms with van der Waals surface area (Å²) in [5, 5.41) is 6.91. The highest BCUT2D eigenvalue weighted by molar-refractivity contribution is 5.86. The van der Waals surface area contributed by atoms with Crippen LogP contribution in [0.1, 0.15) is 19.8 Å². The molecule has 0 aromatic heterocycles. The van der Waals surface area contributed by atoms with Gasteiger partial charge in [0.05, 0.1) is 11.7 Å². The summed E-state index contributed by atoms with van der Waals surface area (Å²) in [6.45, 7) is 2.12. The molecule has 1 aromatic rings. The van der Waals surface area contributed by atoms with E-state index in [1.165, 1.54) is 11.4 Å². The standard InChI is InChI=1S/C16H18N2/c1-13-12-16(14-8-4-2-5-9-14)18(17-13)15-10-6-3-7-11-15/h2-8,10-11,14,16H,9,12H2,1H3. The highest BCUT2D eigenvalue weighted by atomic mass is 15.5. The van der Waals surface area contributed by atoms with Gasteiger partial charge in [-0.15, -0.1) is 0 Å². The fraction of sp³-hybridized carbons (Fsp3) is 0.312. The van der Waals surface area contributed by atoms with Gasteiger partial charge in [-0.3, -0.25) is 5.01 Å². The third kappa shape index (κ3) is 2.10. The van der Waals surface area contributed by atoms with Crippen LogP contribution in [0, 0.1) is 5.92 Å². The second-order valence-electron chi connectivity index (χ2n) is 5.00. The monoisotopic (exact) mass is 238 g/mol. The molecule has 0 bridgehead atoms. The van der Waals surface area contributed by atoms with Crippen LogP contribution in [0.4, 0.5) is 5.69 Å². The number of hydrogen-bond donors (Lipinski definition) is 0. The molecular formula is C16H18N2. The molecule has 1 heterocycles. The number of benzene rings is 1. The smallest absolute Gasteiger partial charge is 0.0644 e. The van der Waals surface area contributed by atoms with Crippen molar-refractivity contribution in [2.75, 3.05) is 5.01 Å². The summed E-state index contributed by atoms with van der Waals surface area (Å²) in [7, 11) is 0. The number of rotatable bonds is 2. The zero-order valence-corrected chi connectivity index (χ0v) is 10.7. The normalized spacial score (nSPS) is 26.5. The largest absolute Gasteiger partial charge is 0.262 e. The lowest BCUT2D eigenvalue weighted by Gasteiger charge is -2.29. The third-order valence-corrected chi connectivity index (χ3v) is 3.63. The fourth-order valence-electron chi connectivity index (χ4n) is 2.74. The summed E-state index contributed by atoms with van der Waals surface area (Å²) >= 11 is 0. The first-order chi connectivity index (χ1) is 8.84. The van der Waals surface area contributed by atoms with E-state index in [1.807, 2.05) is 6.07 Å². The second kappa shape index (κ2) is 4.81. The Hall–Kier alpha value is -1.83. The first-order valence-corrected chi connectivity index (χ1v) is 6.56. The zero-order chi connectivity index (χ0) is 12.4. The molecule has 92 valence electrons. The Balaban J connectivity index is 1.87. The Bertz CT molecular complexity index is 499. The van der Waals surface area contributed by atoms with Crippen molar-refractivity contribution in [3.8, 4) is 0 Å². The van der Waals surface area contributed by atoms with Gasteiger partial charge in [0.2, 0.25) is 0 Å². The van der Waals surface area contributed by atoms with Gasteiger partial charge in [-0.2, -0.15) is 5.10 Å². The number of hydrazone groups is 1. The number of hydrogen-bond acceptors (Lipinski definition) is 2. The maximum absolute atomic E-state index is 4.71. The molecule has 0 saturated heterocycles. The number of anilines is 1. The topological polar surface area (TPSA) is 15.6 Å². The molecule has 0 amide bonds. The van der Waals surface area contributed by atoms with E-state index < -0.39 is 0 Å². The van der Waals surface area contributed by atoms with Crippen LogP contribution in [0.25, 0.3) is 0 Å². The van der Waals surface area contributed by atoms with Gasteiger partial charge in [-0.1, -0.05) is 42.5 Å². The van der Waals surface area contributed by atoms with Gasteiger partial charge < -0.3 is 0 Å². The molecule has 1 aromatic carbocycles. The Morgan fingerprint density at radius 3 is 2.72 bits per heavy atom. The Kier molecular flexibility index (Phi) is 3.01. The van der Waals surface area contributed by atoms with Crippen molar-refractivity contribution in [1.29, 1.82) is 0 Å². The maximum atomic E-state index is 4.71. The number of para-hydroxylation sites is 1. The predicted molar refractivity (Wildman–Crippen MR) is 76.8 cm³/mol. The molecule has 0 radical (unpaired) electrons. The quantitative estimate of drug-likeness (QED) is 0.765. The molecule has 1 aliphatic heterocycles. The van der Waals surface area contributed by atoms with Crippen molar-refractivity contribution in [3.63, 3.8) is 0 Å². The van der Waals surface area contributed by atoms with Crippen LogP contribution in [-0.2, 0) is 0 Å². The predicted octanol–water partition coefficient (Wildman–Crippen LogP) is 3.77. The molecule has 0 fully saturated rings. The molecule has 0 N–H and O–H groups in total. The summed E-state index contributed by atoms with van der Waals surface area (Å²) in [5.41, 5.74) is 2.43. The highest BCUT2D eigenvalue weighted by Crippen LogP contribution is 2.31. The molecule has 2 atom stereocenters. The number of allylic oxidation sites excluding steroid dienone is 3. The molecular weight excluding hydrogens is 220 g/mol. The van der Waals surface area contributed by atoms with Crippen molar-refractivity contribution in [2.45, 2.75) is 25.8 Å². The number of nitrogens with zero attached hydrogens (tertiary/aromatic N) is 2. The lowest BCUT2D eigenvalue weighted by Crippen LogP contribution is -2.33. The molecule has 2 unspecified atom stereocenters. The van der Waals surface area contributed by atoms with Gasteiger partial charge in [-0.05, 0) is 25.5 Å². The molecule has 2 nitrogen and oxygen atoms in total. The van der Waals surface area contributed by atoms with Crippen molar-refractivity contribution in [3.05, 3.63) is 54.6 Å². The summed E-state index contributed by atoms with van der Waals surface area (Å²) in [6.07, 6.45) is 11.0. The Labute approximate surface area is 108 Å². The molecule has 2 aliphatic rings. The van der Waals surface area contributed by atoms with Crippen molar-refractivity contribution < 1.29 is 0 Å². The van der Waals surface area contributed by atoms with Gasteiger partial charge >= 0.3 is 0 Å². The minimum Gasteiger partial charge on any atom is -0.262 e. The van der Waals surface area contributed by atoms with Crippen LogP contribution in [0.15, 0.2) is 59.7 Å². The van der Waals surface area contributed by atoms with E-state index in [4.69, 9.17) is 5.10 Å². The van der Waals surface area contributed by atoms with Gasteiger partial charge in [0.15, 0.2) is 0 Å². The minimum atomic E-state index is 0.466. The van der Waals surface area contributed by atoms with Gasteiger partial charge in [0, 0.05) is 18.1 Å².